The number of carbonyl (C=O) groups is 1. The van der Waals surface area contributed by atoms with E-state index in [0.717, 1.165) is 22.6 Å². The predicted octanol–water partition coefficient (Wildman–Crippen LogP) is 2.31. The monoisotopic (exact) mass is 333 g/mol. The average molecular weight is 334 g/mol. The van der Waals surface area contributed by atoms with E-state index in [2.05, 4.69) is 5.32 Å². The molecule has 5 heteroatoms. The fourth-order valence-electron chi connectivity index (χ4n) is 2.45. The number of quaternary nitrogens is 1. The summed E-state index contributed by atoms with van der Waals surface area (Å²) in [4.78, 5) is 13.3. The molecule has 0 aliphatic carbocycles. The van der Waals surface area contributed by atoms with Crippen LogP contribution in [0.25, 0.3) is 0 Å². The number of methoxy groups -OCH3 is 1. The molecule has 2 rings (SSSR count). The molecule has 23 heavy (non-hydrogen) atoms. The van der Waals surface area contributed by atoms with Crippen LogP contribution in [0.2, 0.25) is 5.02 Å². The first kappa shape index (κ1) is 17.3. The van der Waals surface area contributed by atoms with Crippen molar-refractivity contribution < 1.29 is 14.4 Å². The molecule has 1 unspecified atom stereocenters. The first-order valence-electron chi connectivity index (χ1n) is 7.48. The molecule has 0 saturated heterocycles. The Morgan fingerprint density at radius 3 is 2.74 bits per heavy atom. The molecule has 1 atom stereocenters. The highest BCUT2D eigenvalue weighted by Crippen LogP contribution is 2.24. The van der Waals surface area contributed by atoms with Gasteiger partial charge in [-0.25, -0.2) is 0 Å². The Kier molecular flexibility index (Phi) is 6.02. The Hall–Kier alpha value is -2.04. The van der Waals surface area contributed by atoms with Gasteiger partial charge in [0.15, 0.2) is 6.54 Å². The molecule has 2 aromatic carbocycles. The van der Waals surface area contributed by atoms with Crippen molar-refractivity contribution in [3.63, 3.8) is 0 Å². The number of hydrogen-bond donors (Lipinski definition) is 2. The van der Waals surface area contributed by atoms with E-state index in [9.17, 15) is 4.79 Å². The summed E-state index contributed by atoms with van der Waals surface area (Å²) < 4.78 is 5.28. The van der Waals surface area contributed by atoms with Crippen LogP contribution in [0.4, 0.5) is 5.69 Å². The van der Waals surface area contributed by atoms with E-state index in [1.54, 1.807) is 7.11 Å². The van der Waals surface area contributed by atoms with Crippen LogP contribution in [0.3, 0.4) is 0 Å². The first-order valence-corrected chi connectivity index (χ1v) is 7.86. The second-order valence-electron chi connectivity index (χ2n) is 5.69. The van der Waals surface area contributed by atoms with Crippen LogP contribution in [-0.2, 0) is 11.3 Å². The van der Waals surface area contributed by atoms with Crippen molar-refractivity contribution in [2.45, 2.75) is 13.5 Å². The largest absolute Gasteiger partial charge is 0.495 e. The minimum atomic E-state index is -0.0478. The fraction of sp³-hybridized carbons (Fsp3) is 0.278. The van der Waals surface area contributed by atoms with E-state index in [0.29, 0.717) is 23.0 Å². The summed E-state index contributed by atoms with van der Waals surface area (Å²) in [5.74, 6) is 0.616. The third kappa shape index (κ3) is 5.27. The van der Waals surface area contributed by atoms with Gasteiger partial charge in [0.05, 0.1) is 19.8 Å². The number of nitrogens with one attached hydrogen (secondary N) is 2. The minimum absolute atomic E-state index is 0.0478. The number of aryl methyl sites for hydroxylation is 1. The van der Waals surface area contributed by atoms with Gasteiger partial charge in [-0.2, -0.15) is 0 Å². The highest BCUT2D eigenvalue weighted by Gasteiger charge is 2.13. The standard InChI is InChI=1S/C18H21ClN2O2/c1-13-7-8-17(23-3)16(9-13)20-18(22)12-21(2)11-14-5-4-6-15(19)10-14/h4-10H,11-12H2,1-3H3,(H,20,22)/p+1. The van der Waals surface area contributed by atoms with Crippen molar-refractivity contribution in [3.8, 4) is 5.75 Å². The highest BCUT2D eigenvalue weighted by atomic mass is 35.5. The van der Waals surface area contributed by atoms with Gasteiger partial charge >= 0.3 is 0 Å². The molecule has 0 radical (unpaired) electrons. The minimum Gasteiger partial charge on any atom is -0.495 e. The SMILES string of the molecule is COc1ccc(C)cc1NC(=O)C[NH+](C)Cc1cccc(Cl)c1. The maximum absolute atomic E-state index is 12.2. The van der Waals surface area contributed by atoms with Gasteiger partial charge < -0.3 is 15.0 Å². The number of hydrogen-bond acceptors (Lipinski definition) is 2. The lowest BCUT2D eigenvalue weighted by Crippen LogP contribution is -3.08. The smallest absolute Gasteiger partial charge is 0.279 e. The van der Waals surface area contributed by atoms with Crippen LogP contribution < -0.4 is 15.0 Å². The van der Waals surface area contributed by atoms with E-state index < -0.39 is 0 Å². The molecule has 0 saturated carbocycles. The van der Waals surface area contributed by atoms with Gasteiger partial charge in [-0.05, 0) is 36.8 Å². The summed E-state index contributed by atoms with van der Waals surface area (Å²) in [6.45, 7) is 3.08. The van der Waals surface area contributed by atoms with Crippen LogP contribution in [0.5, 0.6) is 5.75 Å². The van der Waals surface area contributed by atoms with Crippen LogP contribution >= 0.6 is 11.6 Å². The van der Waals surface area contributed by atoms with Crippen molar-refractivity contribution >= 4 is 23.2 Å². The topological polar surface area (TPSA) is 42.8 Å². The van der Waals surface area contributed by atoms with Crippen LogP contribution in [0.15, 0.2) is 42.5 Å². The van der Waals surface area contributed by atoms with Crippen LogP contribution in [0.1, 0.15) is 11.1 Å². The zero-order chi connectivity index (χ0) is 16.8. The highest BCUT2D eigenvalue weighted by molar-refractivity contribution is 6.30. The Labute approximate surface area is 142 Å². The van der Waals surface area contributed by atoms with Crippen LogP contribution in [-0.4, -0.2) is 26.6 Å². The third-order valence-electron chi connectivity index (χ3n) is 3.49. The predicted molar refractivity (Wildman–Crippen MR) is 93.3 cm³/mol. The van der Waals surface area contributed by atoms with E-state index >= 15 is 0 Å². The molecule has 0 heterocycles. The first-order chi connectivity index (χ1) is 11.0. The Morgan fingerprint density at radius 2 is 2.04 bits per heavy atom. The lowest BCUT2D eigenvalue weighted by Gasteiger charge is -2.15. The van der Waals surface area contributed by atoms with Gasteiger partial charge in [-0.15, -0.1) is 0 Å². The second kappa shape index (κ2) is 7.99. The van der Waals surface area contributed by atoms with Gasteiger partial charge in [0.25, 0.3) is 5.91 Å². The molecule has 1 amide bonds. The molecule has 2 N–H and O–H groups in total. The molecular formula is C18H22ClN2O2+. The number of carbonyl (C=O) groups excluding carboxylic acids is 1. The third-order valence-corrected chi connectivity index (χ3v) is 3.72. The zero-order valence-corrected chi connectivity index (χ0v) is 14.4. The molecule has 0 aromatic heterocycles. The lowest BCUT2D eigenvalue weighted by molar-refractivity contribution is -0.885. The summed E-state index contributed by atoms with van der Waals surface area (Å²) in [6, 6.07) is 13.4. The van der Waals surface area contributed by atoms with Crippen molar-refractivity contribution in [1.82, 2.24) is 0 Å². The summed E-state index contributed by atoms with van der Waals surface area (Å²) in [5, 5.41) is 3.63. The number of halogens is 1. The molecule has 122 valence electrons. The number of ether oxygens (including phenoxy) is 1. The van der Waals surface area contributed by atoms with Gasteiger partial charge in [0.1, 0.15) is 12.3 Å². The van der Waals surface area contributed by atoms with Crippen molar-refractivity contribution in [3.05, 3.63) is 58.6 Å². The molecule has 0 spiro atoms. The zero-order valence-electron chi connectivity index (χ0n) is 13.7. The summed E-state index contributed by atoms with van der Waals surface area (Å²) >= 11 is 5.99. The number of amides is 1. The fourth-order valence-corrected chi connectivity index (χ4v) is 2.66. The van der Waals surface area contributed by atoms with Crippen molar-refractivity contribution in [2.24, 2.45) is 0 Å². The van der Waals surface area contributed by atoms with E-state index in [1.807, 2.05) is 56.4 Å². The van der Waals surface area contributed by atoms with Gasteiger partial charge in [-0.3, -0.25) is 4.79 Å². The second-order valence-corrected chi connectivity index (χ2v) is 6.13. The average Bonchev–Trinajstić information content (AvgIpc) is 2.47. The van der Waals surface area contributed by atoms with Crippen molar-refractivity contribution in [2.75, 3.05) is 26.0 Å². The Balaban J connectivity index is 1.95. The normalized spacial score (nSPS) is 11.8. The number of benzene rings is 2. The number of rotatable bonds is 6. The summed E-state index contributed by atoms with van der Waals surface area (Å²) in [7, 11) is 3.57. The molecule has 0 fully saturated rings. The van der Waals surface area contributed by atoms with E-state index in [-0.39, 0.29) is 5.91 Å². The molecule has 0 aliphatic heterocycles. The van der Waals surface area contributed by atoms with Gasteiger partial charge in [0.2, 0.25) is 0 Å². The Bertz CT molecular complexity index is 688. The number of anilines is 1. The van der Waals surface area contributed by atoms with Gasteiger partial charge in [0, 0.05) is 10.6 Å². The molecule has 0 bridgehead atoms. The van der Waals surface area contributed by atoms with Crippen molar-refractivity contribution in [1.29, 1.82) is 0 Å². The summed E-state index contributed by atoms with van der Waals surface area (Å²) in [6.07, 6.45) is 0. The van der Waals surface area contributed by atoms with E-state index in [1.165, 1.54) is 0 Å². The van der Waals surface area contributed by atoms with E-state index in [4.69, 9.17) is 16.3 Å². The molecule has 2 aromatic rings. The maximum Gasteiger partial charge on any atom is 0.279 e. The molecule has 0 aliphatic rings. The number of likely N-dealkylation sites (N-methyl/N-ethyl adjacent to an activating group) is 1. The quantitative estimate of drug-likeness (QED) is 0.852. The molecule has 4 nitrogen and oxygen atoms in total. The molecular weight excluding hydrogens is 312 g/mol. The van der Waals surface area contributed by atoms with Gasteiger partial charge in [-0.1, -0.05) is 29.8 Å². The lowest BCUT2D eigenvalue weighted by atomic mass is 10.2. The summed E-state index contributed by atoms with van der Waals surface area (Å²) in [5.41, 5.74) is 2.88. The maximum atomic E-state index is 12.2. The van der Waals surface area contributed by atoms with Crippen LogP contribution in [0, 0.1) is 6.92 Å². The Morgan fingerprint density at radius 1 is 1.26 bits per heavy atom.